The highest BCUT2D eigenvalue weighted by Crippen LogP contribution is 2.35. The van der Waals surface area contributed by atoms with Gasteiger partial charge in [-0.1, -0.05) is 73.3 Å². The van der Waals surface area contributed by atoms with Crippen molar-refractivity contribution in [1.82, 2.24) is 4.90 Å². The van der Waals surface area contributed by atoms with E-state index in [1.807, 2.05) is 25.1 Å². The summed E-state index contributed by atoms with van der Waals surface area (Å²) in [5.74, 6) is -0.275. The van der Waals surface area contributed by atoms with Crippen LogP contribution < -0.4 is 0 Å². The van der Waals surface area contributed by atoms with Gasteiger partial charge in [0.1, 0.15) is 6.61 Å². The van der Waals surface area contributed by atoms with Crippen LogP contribution in [0.1, 0.15) is 79.7 Å². The standard InChI is InChI=1S/C28H35ClN2O3/c1-3-21-13-20(9-12-26(21)22-7-5-4-6-8-22)18-34-30-19(2)23-10-11-24(27(29)14-23)15-31-16-25(17-31)28(32)33/h9-14,22,25H,3-8,15-18H2,1-2H3,(H,32,33)/b30-19-. The van der Waals surface area contributed by atoms with Crippen LogP contribution in [0.15, 0.2) is 41.6 Å². The van der Waals surface area contributed by atoms with Crippen LogP contribution in [-0.4, -0.2) is 34.8 Å². The molecule has 0 amide bonds. The third kappa shape index (κ3) is 6.00. The van der Waals surface area contributed by atoms with Crippen LogP contribution in [0.5, 0.6) is 0 Å². The van der Waals surface area contributed by atoms with Gasteiger partial charge in [0.05, 0.1) is 11.6 Å². The highest BCUT2D eigenvalue weighted by Gasteiger charge is 2.32. The molecule has 1 aliphatic heterocycles. The molecule has 4 rings (SSSR count). The van der Waals surface area contributed by atoms with Crippen molar-refractivity contribution in [2.45, 2.75) is 71.4 Å². The summed E-state index contributed by atoms with van der Waals surface area (Å²) in [5.41, 5.74) is 6.80. The van der Waals surface area contributed by atoms with Crippen molar-refractivity contribution in [2.24, 2.45) is 11.1 Å². The number of rotatable bonds is 9. The molecule has 0 aromatic heterocycles. The van der Waals surface area contributed by atoms with E-state index in [-0.39, 0.29) is 5.92 Å². The maximum Gasteiger partial charge on any atom is 0.309 e. The molecular weight excluding hydrogens is 448 g/mol. The fourth-order valence-electron chi connectivity index (χ4n) is 5.12. The fourth-order valence-corrected chi connectivity index (χ4v) is 5.36. The van der Waals surface area contributed by atoms with Crippen LogP contribution in [0, 0.1) is 5.92 Å². The lowest BCUT2D eigenvalue weighted by Crippen LogP contribution is -2.49. The summed E-state index contributed by atoms with van der Waals surface area (Å²) >= 11 is 6.50. The van der Waals surface area contributed by atoms with Crippen molar-refractivity contribution in [2.75, 3.05) is 13.1 Å². The maximum atomic E-state index is 11.0. The van der Waals surface area contributed by atoms with Crippen molar-refractivity contribution in [3.63, 3.8) is 0 Å². The number of carboxylic acid groups (broad SMARTS) is 1. The first-order valence-corrected chi connectivity index (χ1v) is 12.8. The molecule has 6 heteroatoms. The Bertz CT molecular complexity index is 1040. The second-order valence-electron chi connectivity index (χ2n) is 9.71. The third-order valence-electron chi connectivity index (χ3n) is 7.24. The van der Waals surface area contributed by atoms with Crippen molar-refractivity contribution >= 4 is 23.3 Å². The first-order chi connectivity index (χ1) is 16.4. The van der Waals surface area contributed by atoms with E-state index in [0.717, 1.165) is 28.8 Å². The summed E-state index contributed by atoms with van der Waals surface area (Å²) in [5, 5.41) is 14.0. The van der Waals surface area contributed by atoms with Gasteiger partial charge >= 0.3 is 5.97 Å². The molecule has 34 heavy (non-hydrogen) atoms. The minimum Gasteiger partial charge on any atom is -0.481 e. The van der Waals surface area contributed by atoms with Crippen molar-refractivity contribution in [1.29, 1.82) is 0 Å². The number of hydrogen-bond acceptors (Lipinski definition) is 4. The lowest BCUT2D eigenvalue weighted by atomic mass is 9.81. The summed E-state index contributed by atoms with van der Waals surface area (Å²) in [7, 11) is 0. The normalized spacial score (nSPS) is 18.0. The zero-order valence-corrected chi connectivity index (χ0v) is 21.0. The topological polar surface area (TPSA) is 62.1 Å². The molecule has 2 aromatic rings. The Morgan fingerprint density at radius 3 is 2.56 bits per heavy atom. The van der Waals surface area contributed by atoms with Gasteiger partial charge in [-0.2, -0.15) is 0 Å². The second-order valence-corrected chi connectivity index (χ2v) is 10.1. The Morgan fingerprint density at radius 1 is 1.12 bits per heavy atom. The summed E-state index contributed by atoms with van der Waals surface area (Å²) in [6.07, 6.45) is 7.74. The number of aliphatic carboxylic acids is 1. The molecule has 2 fully saturated rings. The lowest BCUT2D eigenvalue weighted by molar-refractivity contribution is -0.147. The quantitative estimate of drug-likeness (QED) is 0.331. The number of aryl methyl sites for hydroxylation is 1. The SMILES string of the molecule is CCc1cc(CO/N=C(/C)c2ccc(CN3CC(C(=O)O)C3)c(Cl)c2)ccc1C1CCCCC1. The van der Waals surface area contributed by atoms with E-state index < -0.39 is 5.97 Å². The summed E-state index contributed by atoms with van der Waals surface area (Å²) in [6, 6.07) is 12.7. The number of halogens is 1. The van der Waals surface area contributed by atoms with Gasteiger partial charge in [0.25, 0.3) is 0 Å². The third-order valence-corrected chi connectivity index (χ3v) is 7.59. The molecule has 1 heterocycles. The van der Waals surface area contributed by atoms with E-state index in [1.165, 1.54) is 43.2 Å². The number of hydrogen-bond donors (Lipinski definition) is 1. The zero-order valence-electron chi connectivity index (χ0n) is 20.2. The molecule has 5 nitrogen and oxygen atoms in total. The van der Waals surface area contributed by atoms with Crippen LogP contribution in [0.4, 0.5) is 0 Å². The summed E-state index contributed by atoms with van der Waals surface area (Å²) in [4.78, 5) is 18.8. The van der Waals surface area contributed by atoms with Crippen LogP contribution in [0.2, 0.25) is 5.02 Å². The first kappa shape index (κ1) is 24.7. The van der Waals surface area contributed by atoms with E-state index in [2.05, 4.69) is 35.2 Å². The molecule has 0 unspecified atom stereocenters. The Balaban J connectivity index is 1.33. The van der Waals surface area contributed by atoms with Crippen LogP contribution in [-0.2, 0) is 29.2 Å². The van der Waals surface area contributed by atoms with E-state index in [9.17, 15) is 4.79 Å². The van der Waals surface area contributed by atoms with Gasteiger partial charge in [-0.05, 0) is 60.4 Å². The van der Waals surface area contributed by atoms with Gasteiger partial charge < -0.3 is 9.94 Å². The molecule has 2 aliphatic rings. The molecule has 0 radical (unpaired) electrons. The van der Waals surface area contributed by atoms with Crippen molar-refractivity contribution in [3.8, 4) is 0 Å². The number of benzene rings is 2. The molecular formula is C28H35ClN2O3. The predicted molar refractivity (Wildman–Crippen MR) is 137 cm³/mol. The predicted octanol–water partition coefficient (Wildman–Crippen LogP) is 6.41. The highest BCUT2D eigenvalue weighted by atomic mass is 35.5. The zero-order chi connectivity index (χ0) is 24.1. The molecule has 0 atom stereocenters. The lowest BCUT2D eigenvalue weighted by Gasteiger charge is -2.36. The van der Waals surface area contributed by atoms with Gasteiger partial charge in [0.2, 0.25) is 0 Å². The molecule has 0 spiro atoms. The minimum absolute atomic E-state index is 0.263. The van der Waals surface area contributed by atoms with E-state index >= 15 is 0 Å². The number of carbonyl (C=O) groups is 1. The second kappa shape index (κ2) is 11.4. The van der Waals surface area contributed by atoms with E-state index in [4.69, 9.17) is 21.5 Å². The highest BCUT2D eigenvalue weighted by molar-refractivity contribution is 6.31. The summed E-state index contributed by atoms with van der Waals surface area (Å²) in [6.45, 7) is 6.40. The Morgan fingerprint density at radius 2 is 1.88 bits per heavy atom. The van der Waals surface area contributed by atoms with Gasteiger partial charge in [-0.15, -0.1) is 0 Å². The molecule has 1 saturated carbocycles. The van der Waals surface area contributed by atoms with E-state index in [1.54, 1.807) is 0 Å². The maximum absolute atomic E-state index is 11.0. The largest absolute Gasteiger partial charge is 0.481 e. The van der Waals surface area contributed by atoms with E-state index in [0.29, 0.717) is 37.2 Å². The van der Waals surface area contributed by atoms with Crippen molar-refractivity contribution in [3.05, 3.63) is 69.2 Å². The molecule has 182 valence electrons. The average molecular weight is 483 g/mol. The fraction of sp³-hybridized carbons (Fsp3) is 0.500. The van der Waals surface area contributed by atoms with Crippen molar-refractivity contribution < 1.29 is 14.7 Å². The van der Waals surface area contributed by atoms with Gasteiger partial charge in [0, 0.05) is 30.2 Å². The van der Waals surface area contributed by atoms with Crippen LogP contribution in [0.3, 0.4) is 0 Å². The number of oxime groups is 1. The van der Waals surface area contributed by atoms with Crippen LogP contribution >= 0.6 is 11.6 Å². The smallest absolute Gasteiger partial charge is 0.309 e. The molecule has 0 bridgehead atoms. The molecule has 1 aliphatic carbocycles. The van der Waals surface area contributed by atoms with Crippen LogP contribution in [0.25, 0.3) is 0 Å². The van der Waals surface area contributed by atoms with Gasteiger partial charge in [0.15, 0.2) is 0 Å². The Kier molecular flexibility index (Phi) is 8.28. The number of nitrogens with zero attached hydrogens (tertiary/aromatic N) is 2. The Labute approximate surface area is 207 Å². The molecule has 2 aromatic carbocycles. The number of carboxylic acids is 1. The van der Waals surface area contributed by atoms with Gasteiger partial charge in [-0.3, -0.25) is 9.69 Å². The number of likely N-dealkylation sites (tertiary alicyclic amines) is 1. The monoisotopic (exact) mass is 482 g/mol. The molecule has 1 saturated heterocycles. The minimum atomic E-state index is -0.726. The van der Waals surface area contributed by atoms with Gasteiger partial charge in [-0.25, -0.2) is 0 Å². The summed E-state index contributed by atoms with van der Waals surface area (Å²) < 4.78 is 0. The average Bonchev–Trinajstić information content (AvgIpc) is 2.82. The Hall–Kier alpha value is -2.37. The first-order valence-electron chi connectivity index (χ1n) is 12.5. The molecule has 1 N–H and O–H groups in total.